The van der Waals surface area contributed by atoms with Crippen LogP contribution in [0.5, 0.6) is 5.88 Å². The van der Waals surface area contributed by atoms with Crippen molar-refractivity contribution in [3.63, 3.8) is 0 Å². The summed E-state index contributed by atoms with van der Waals surface area (Å²) in [5.74, 6) is 0.624. The number of ether oxygens (including phenoxy) is 1. The molecule has 0 saturated carbocycles. The van der Waals surface area contributed by atoms with Crippen LogP contribution in [0.25, 0.3) is 0 Å². The molecule has 1 aromatic carbocycles. The van der Waals surface area contributed by atoms with E-state index in [1.807, 2.05) is 12.1 Å². The molecule has 0 fully saturated rings. The summed E-state index contributed by atoms with van der Waals surface area (Å²) < 4.78 is 5.59. The van der Waals surface area contributed by atoms with Gasteiger partial charge in [-0.1, -0.05) is 18.2 Å². The average molecular weight is 299 g/mol. The van der Waals surface area contributed by atoms with E-state index in [0.717, 1.165) is 13.0 Å². The first kappa shape index (κ1) is 13.1. The maximum atomic E-state index is 11.5. The number of aromatic nitrogens is 2. The lowest BCUT2D eigenvalue weighted by atomic mass is 10.1. The van der Waals surface area contributed by atoms with Gasteiger partial charge < -0.3 is 15.4 Å². The van der Waals surface area contributed by atoms with Crippen LogP contribution in [0.3, 0.4) is 0 Å². The number of rotatable bonds is 1. The summed E-state index contributed by atoms with van der Waals surface area (Å²) in [6.45, 7) is 2.00. The van der Waals surface area contributed by atoms with Gasteiger partial charge in [0.25, 0.3) is 0 Å². The number of nitrogen functional groups attached to an aromatic ring is 1. The molecule has 0 saturated heterocycles. The lowest BCUT2D eigenvalue weighted by Crippen LogP contribution is -2.38. The van der Waals surface area contributed by atoms with E-state index in [-0.39, 0.29) is 6.17 Å². The highest BCUT2D eigenvalue weighted by molar-refractivity contribution is 5.61. The Bertz CT molecular complexity index is 773. The summed E-state index contributed by atoms with van der Waals surface area (Å²) >= 11 is 0. The summed E-state index contributed by atoms with van der Waals surface area (Å²) in [7, 11) is 0. The predicted molar refractivity (Wildman–Crippen MR) is 83.0 cm³/mol. The number of fused-ring (bicyclic) bond motifs is 2. The van der Waals surface area contributed by atoms with Crippen molar-refractivity contribution < 1.29 is 4.74 Å². The fourth-order valence-electron chi connectivity index (χ4n) is 3.20. The predicted octanol–water partition coefficient (Wildman–Crippen LogP) is 0.395. The van der Waals surface area contributed by atoms with Gasteiger partial charge in [-0.25, -0.2) is 4.79 Å². The number of anilines is 2. The minimum atomic E-state index is -0.487. The lowest BCUT2D eigenvalue weighted by Gasteiger charge is -2.30. The average Bonchev–Trinajstić information content (AvgIpc) is 2.81. The number of nitrogens with zero attached hydrogens (tertiary/aromatic N) is 2. The second-order valence-electron chi connectivity index (χ2n) is 5.45. The van der Waals surface area contributed by atoms with Crippen molar-refractivity contribution >= 4 is 11.5 Å². The van der Waals surface area contributed by atoms with E-state index in [0.29, 0.717) is 30.4 Å². The molecule has 22 heavy (non-hydrogen) atoms. The Morgan fingerprint density at radius 1 is 1.36 bits per heavy atom. The van der Waals surface area contributed by atoms with Crippen molar-refractivity contribution in [2.45, 2.75) is 12.6 Å². The number of nitrogens with one attached hydrogen (secondary N) is 2. The van der Waals surface area contributed by atoms with E-state index in [4.69, 9.17) is 10.5 Å². The number of benzene rings is 1. The van der Waals surface area contributed by atoms with Crippen LogP contribution in [-0.4, -0.2) is 29.7 Å². The molecular formula is C15H17N5O2. The third-order valence-electron chi connectivity index (χ3n) is 4.15. The van der Waals surface area contributed by atoms with E-state index in [1.54, 1.807) is 0 Å². The molecule has 3 heterocycles. The highest BCUT2D eigenvalue weighted by Gasteiger charge is 2.32. The number of aromatic amines is 1. The first-order valence-electron chi connectivity index (χ1n) is 7.34. The summed E-state index contributed by atoms with van der Waals surface area (Å²) in [4.78, 5) is 20.3. The molecule has 7 nitrogen and oxygen atoms in total. The van der Waals surface area contributed by atoms with Crippen molar-refractivity contribution in [2.24, 2.45) is 0 Å². The van der Waals surface area contributed by atoms with Crippen molar-refractivity contribution in [3.8, 4) is 5.88 Å². The molecule has 0 spiro atoms. The number of hydrogen-bond donors (Lipinski definition) is 3. The maximum Gasteiger partial charge on any atom is 0.349 e. The molecule has 2 aliphatic rings. The molecule has 0 aliphatic carbocycles. The molecule has 0 amide bonds. The molecule has 7 heteroatoms. The Kier molecular flexibility index (Phi) is 3.00. The molecule has 1 unspecified atom stereocenters. The number of para-hydroxylation sites is 1. The van der Waals surface area contributed by atoms with Gasteiger partial charge in [0, 0.05) is 18.8 Å². The molecule has 2 aromatic rings. The highest BCUT2D eigenvalue weighted by atomic mass is 16.5. The van der Waals surface area contributed by atoms with E-state index >= 15 is 0 Å². The van der Waals surface area contributed by atoms with Crippen molar-refractivity contribution in [3.05, 3.63) is 45.9 Å². The number of hydrogen-bond acceptors (Lipinski definition) is 6. The zero-order valence-electron chi connectivity index (χ0n) is 12.0. The Morgan fingerprint density at radius 2 is 2.23 bits per heavy atom. The molecular weight excluding hydrogens is 282 g/mol. The fourth-order valence-corrected chi connectivity index (χ4v) is 3.20. The van der Waals surface area contributed by atoms with Crippen LogP contribution in [0.4, 0.5) is 11.5 Å². The summed E-state index contributed by atoms with van der Waals surface area (Å²) in [5, 5.41) is 3.44. The van der Waals surface area contributed by atoms with Gasteiger partial charge in [-0.05, 0) is 18.1 Å². The van der Waals surface area contributed by atoms with Crippen molar-refractivity contribution in [1.82, 2.24) is 15.3 Å². The third kappa shape index (κ3) is 2.01. The lowest BCUT2D eigenvalue weighted by molar-refractivity contribution is 0.311. The van der Waals surface area contributed by atoms with Crippen LogP contribution in [0.2, 0.25) is 0 Å². The minimum absolute atomic E-state index is 0.162. The Morgan fingerprint density at radius 3 is 3.14 bits per heavy atom. The largest absolute Gasteiger partial charge is 0.476 e. The standard InChI is InChI=1S/C15H17N5O2/c16-12-11-13(17-6-8-22-14(11)19-15(21)18-12)20-7-5-9-3-1-2-4-10(9)20/h1-4,13,17H,5-8H2,(H3,16,18,19,21). The normalized spacial score (nSPS) is 20.0. The van der Waals surface area contributed by atoms with Crippen LogP contribution in [-0.2, 0) is 6.42 Å². The summed E-state index contributed by atoms with van der Waals surface area (Å²) in [5.41, 5.74) is 8.75. The molecule has 114 valence electrons. The van der Waals surface area contributed by atoms with Crippen LogP contribution in [0.1, 0.15) is 17.3 Å². The molecule has 4 N–H and O–H groups in total. The van der Waals surface area contributed by atoms with E-state index in [1.165, 1.54) is 11.3 Å². The highest BCUT2D eigenvalue weighted by Crippen LogP contribution is 2.38. The second kappa shape index (κ2) is 5.03. The van der Waals surface area contributed by atoms with Gasteiger partial charge in [-0.15, -0.1) is 0 Å². The molecule has 4 rings (SSSR count). The number of nitrogens with two attached hydrogens (primary N) is 1. The van der Waals surface area contributed by atoms with Gasteiger partial charge in [0.15, 0.2) is 0 Å². The van der Waals surface area contributed by atoms with E-state index < -0.39 is 5.69 Å². The smallest absolute Gasteiger partial charge is 0.349 e. The summed E-state index contributed by atoms with van der Waals surface area (Å²) in [6.07, 6.45) is 0.826. The first-order chi connectivity index (χ1) is 10.7. The molecule has 1 aromatic heterocycles. The van der Waals surface area contributed by atoms with Crippen molar-refractivity contribution in [2.75, 3.05) is 30.3 Å². The van der Waals surface area contributed by atoms with E-state index in [2.05, 4.69) is 32.3 Å². The first-order valence-corrected chi connectivity index (χ1v) is 7.34. The second-order valence-corrected chi connectivity index (χ2v) is 5.45. The maximum absolute atomic E-state index is 11.5. The van der Waals surface area contributed by atoms with Gasteiger partial charge in [0.1, 0.15) is 18.6 Å². The molecule has 1 atom stereocenters. The van der Waals surface area contributed by atoms with Crippen LogP contribution < -0.4 is 26.4 Å². The van der Waals surface area contributed by atoms with Gasteiger partial charge >= 0.3 is 5.69 Å². The quantitative estimate of drug-likeness (QED) is 0.705. The molecule has 0 radical (unpaired) electrons. The Labute approximate surface area is 127 Å². The number of H-pyrrole nitrogens is 1. The van der Waals surface area contributed by atoms with Crippen LogP contribution >= 0.6 is 0 Å². The monoisotopic (exact) mass is 299 g/mol. The SMILES string of the molecule is Nc1[nH]c(=O)nc2c1C(N1CCc3ccccc31)NCCO2. The minimum Gasteiger partial charge on any atom is -0.476 e. The van der Waals surface area contributed by atoms with Gasteiger partial charge in [-0.2, -0.15) is 4.98 Å². The summed E-state index contributed by atoms with van der Waals surface area (Å²) in [6, 6.07) is 8.32. The fraction of sp³-hybridized carbons (Fsp3) is 0.333. The third-order valence-corrected chi connectivity index (χ3v) is 4.15. The zero-order valence-corrected chi connectivity index (χ0v) is 12.0. The Balaban J connectivity index is 1.83. The van der Waals surface area contributed by atoms with E-state index in [9.17, 15) is 4.79 Å². The van der Waals surface area contributed by atoms with Gasteiger partial charge in [-0.3, -0.25) is 10.3 Å². The topological polar surface area (TPSA) is 96.3 Å². The van der Waals surface area contributed by atoms with Gasteiger partial charge in [0.2, 0.25) is 5.88 Å². The zero-order chi connectivity index (χ0) is 15.1. The van der Waals surface area contributed by atoms with Crippen LogP contribution in [0.15, 0.2) is 29.1 Å². The van der Waals surface area contributed by atoms with Crippen molar-refractivity contribution in [1.29, 1.82) is 0 Å². The van der Waals surface area contributed by atoms with Crippen LogP contribution in [0, 0.1) is 0 Å². The molecule has 2 aliphatic heterocycles. The Hall–Kier alpha value is -2.54. The molecule has 0 bridgehead atoms. The van der Waals surface area contributed by atoms with Gasteiger partial charge in [0.05, 0.1) is 5.56 Å².